The van der Waals surface area contributed by atoms with Gasteiger partial charge in [0.1, 0.15) is 5.54 Å². The first-order valence-corrected chi connectivity index (χ1v) is 7.29. The zero-order valence-electron chi connectivity index (χ0n) is 13.1. The molecule has 116 valence electrons. The molecular weight excluding hydrogens is 270 g/mol. The Bertz CT molecular complexity index is 575. The summed E-state index contributed by atoms with van der Waals surface area (Å²) in [4.78, 5) is 23.5. The Labute approximate surface area is 124 Å². The standard InChI is InChI=1S/C15H23N3O3/c1-9-12(10(2)18(4)17-9)7-8-13(19)16-15(3,14(20)21)11-5-6-11/h11H,5-8H2,1-4H3,(H,16,19)(H,20,21)/t15-/m1/s1. The van der Waals surface area contributed by atoms with Gasteiger partial charge in [-0.3, -0.25) is 9.48 Å². The summed E-state index contributed by atoms with van der Waals surface area (Å²) in [5.41, 5.74) is 1.90. The SMILES string of the molecule is Cc1nn(C)c(C)c1CCC(=O)N[C@@](C)(C(=O)O)C1CC1. The van der Waals surface area contributed by atoms with Crippen LogP contribution in [-0.2, 0) is 23.1 Å². The summed E-state index contributed by atoms with van der Waals surface area (Å²) in [6.45, 7) is 5.50. The molecule has 2 rings (SSSR count). The fraction of sp³-hybridized carbons (Fsp3) is 0.667. The molecule has 0 bridgehead atoms. The smallest absolute Gasteiger partial charge is 0.329 e. The number of aliphatic carboxylic acids is 1. The maximum absolute atomic E-state index is 12.1. The molecular formula is C15H23N3O3. The molecule has 1 aliphatic carbocycles. The molecule has 2 N–H and O–H groups in total. The molecule has 0 unspecified atom stereocenters. The molecule has 1 aromatic rings. The predicted octanol–water partition coefficient (Wildman–Crippen LogP) is 1.34. The molecule has 1 fully saturated rings. The van der Waals surface area contributed by atoms with Gasteiger partial charge in [0, 0.05) is 19.2 Å². The molecule has 1 amide bonds. The van der Waals surface area contributed by atoms with Crippen molar-refractivity contribution in [2.45, 2.75) is 52.0 Å². The van der Waals surface area contributed by atoms with Gasteiger partial charge < -0.3 is 10.4 Å². The summed E-state index contributed by atoms with van der Waals surface area (Å²) < 4.78 is 1.80. The molecule has 21 heavy (non-hydrogen) atoms. The first kappa shape index (κ1) is 15.5. The third-order valence-corrected chi connectivity index (χ3v) is 4.50. The highest BCUT2D eigenvalue weighted by atomic mass is 16.4. The average Bonchev–Trinajstić information content (AvgIpc) is 3.19. The summed E-state index contributed by atoms with van der Waals surface area (Å²) >= 11 is 0. The van der Waals surface area contributed by atoms with Crippen molar-refractivity contribution < 1.29 is 14.7 Å². The Hall–Kier alpha value is -1.85. The molecule has 1 saturated carbocycles. The van der Waals surface area contributed by atoms with E-state index in [9.17, 15) is 14.7 Å². The zero-order chi connectivity index (χ0) is 15.8. The van der Waals surface area contributed by atoms with Gasteiger partial charge in [0.25, 0.3) is 0 Å². The Morgan fingerprint density at radius 2 is 2.05 bits per heavy atom. The van der Waals surface area contributed by atoms with Crippen LogP contribution < -0.4 is 5.32 Å². The van der Waals surface area contributed by atoms with Gasteiger partial charge in [0.05, 0.1) is 5.69 Å². The lowest BCUT2D eigenvalue weighted by Gasteiger charge is -2.26. The largest absolute Gasteiger partial charge is 0.480 e. The van der Waals surface area contributed by atoms with E-state index < -0.39 is 11.5 Å². The fourth-order valence-electron chi connectivity index (χ4n) is 2.76. The van der Waals surface area contributed by atoms with Crippen molar-refractivity contribution in [2.75, 3.05) is 0 Å². The predicted molar refractivity (Wildman–Crippen MR) is 77.9 cm³/mol. The number of rotatable bonds is 6. The third kappa shape index (κ3) is 3.09. The number of hydrogen-bond acceptors (Lipinski definition) is 3. The molecule has 0 aliphatic heterocycles. The molecule has 0 radical (unpaired) electrons. The van der Waals surface area contributed by atoms with Crippen LogP contribution >= 0.6 is 0 Å². The number of carboxylic acids is 1. The van der Waals surface area contributed by atoms with Crippen LogP contribution in [0.5, 0.6) is 0 Å². The highest BCUT2D eigenvalue weighted by molar-refractivity contribution is 5.87. The van der Waals surface area contributed by atoms with E-state index in [1.807, 2.05) is 20.9 Å². The van der Waals surface area contributed by atoms with Crippen molar-refractivity contribution >= 4 is 11.9 Å². The van der Waals surface area contributed by atoms with Gasteiger partial charge in [-0.05, 0) is 51.5 Å². The second kappa shape index (κ2) is 5.50. The number of aromatic nitrogens is 2. The Morgan fingerprint density at radius 1 is 1.43 bits per heavy atom. The first-order valence-electron chi connectivity index (χ1n) is 7.29. The van der Waals surface area contributed by atoms with Crippen molar-refractivity contribution in [1.29, 1.82) is 0 Å². The van der Waals surface area contributed by atoms with Crippen LogP contribution in [0.25, 0.3) is 0 Å². The van der Waals surface area contributed by atoms with Crippen molar-refractivity contribution in [3.05, 3.63) is 17.0 Å². The first-order chi connectivity index (χ1) is 9.75. The van der Waals surface area contributed by atoms with Crippen molar-refractivity contribution in [3.8, 4) is 0 Å². The molecule has 0 spiro atoms. The molecule has 6 heteroatoms. The van der Waals surface area contributed by atoms with E-state index in [1.54, 1.807) is 11.6 Å². The van der Waals surface area contributed by atoms with Crippen molar-refractivity contribution in [2.24, 2.45) is 13.0 Å². The number of carbonyl (C=O) groups is 2. The second-order valence-electron chi connectivity index (χ2n) is 6.10. The van der Waals surface area contributed by atoms with Crippen LogP contribution in [0.4, 0.5) is 0 Å². The third-order valence-electron chi connectivity index (χ3n) is 4.50. The summed E-state index contributed by atoms with van der Waals surface area (Å²) in [7, 11) is 1.88. The lowest BCUT2D eigenvalue weighted by atomic mass is 9.95. The van der Waals surface area contributed by atoms with Crippen LogP contribution in [0.1, 0.15) is 43.1 Å². The highest BCUT2D eigenvalue weighted by Gasteiger charge is 2.48. The van der Waals surface area contributed by atoms with Gasteiger partial charge in [-0.2, -0.15) is 5.10 Å². The minimum Gasteiger partial charge on any atom is -0.480 e. The van der Waals surface area contributed by atoms with Gasteiger partial charge in [-0.15, -0.1) is 0 Å². The van der Waals surface area contributed by atoms with Gasteiger partial charge in [0.2, 0.25) is 5.91 Å². The van der Waals surface area contributed by atoms with Gasteiger partial charge in [0.15, 0.2) is 0 Å². The van der Waals surface area contributed by atoms with Crippen LogP contribution in [0.15, 0.2) is 0 Å². The molecule has 6 nitrogen and oxygen atoms in total. The molecule has 1 heterocycles. The number of amides is 1. The van der Waals surface area contributed by atoms with E-state index in [0.29, 0.717) is 6.42 Å². The number of hydrogen-bond donors (Lipinski definition) is 2. The van der Waals surface area contributed by atoms with E-state index in [-0.39, 0.29) is 18.2 Å². The summed E-state index contributed by atoms with van der Waals surface area (Å²) in [6, 6.07) is 0. The molecule has 1 atom stereocenters. The maximum atomic E-state index is 12.1. The Kier molecular flexibility index (Phi) is 4.07. The van der Waals surface area contributed by atoms with Gasteiger partial charge >= 0.3 is 5.97 Å². The van der Waals surface area contributed by atoms with Crippen molar-refractivity contribution in [3.63, 3.8) is 0 Å². The van der Waals surface area contributed by atoms with Gasteiger partial charge in [-0.1, -0.05) is 0 Å². The Morgan fingerprint density at radius 3 is 2.48 bits per heavy atom. The van der Waals surface area contributed by atoms with Crippen LogP contribution in [0.2, 0.25) is 0 Å². The molecule has 1 aliphatic rings. The summed E-state index contributed by atoms with van der Waals surface area (Å²) in [5, 5.41) is 16.4. The average molecular weight is 293 g/mol. The van der Waals surface area contributed by atoms with E-state index >= 15 is 0 Å². The lowest BCUT2D eigenvalue weighted by Crippen LogP contribution is -2.54. The Balaban J connectivity index is 1.97. The number of nitrogens with one attached hydrogen (secondary N) is 1. The minimum atomic E-state index is -1.13. The highest BCUT2D eigenvalue weighted by Crippen LogP contribution is 2.39. The van der Waals surface area contributed by atoms with E-state index in [2.05, 4.69) is 10.4 Å². The number of carboxylic acid groups (broad SMARTS) is 1. The monoisotopic (exact) mass is 293 g/mol. The normalized spacial score (nSPS) is 17.3. The van der Waals surface area contributed by atoms with Crippen LogP contribution in [0.3, 0.4) is 0 Å². The van der Waals surface area contributed by atoms with Crippen LogP contribution in [-0.4, -0.2) is 32.3 Å². The zero-order valence-corrected chi connectivity index (χ0v) is 13.1. The number of aryl methyl sites for hydroxylation is 2. The second-order valence-corrected chi connectivity index (χ2v) is 6.10. The number of carbonyl (C=O) groups excluding carboxylic acids is 1. The minimum absolute atomic E-state index is 0.0563. The summed E-state index contributed by atoms with van der Waals surface area (Å²) in [5.74, 6) is -1.11. The van der Waals surface area contributed by atoms with Crippen molar-refractivity contribution in [1.82, 2.24) is 15.1 Å². The summed E-state index contributed by atoms with van der Waals surface area (Å²) in [6.07, 6.45) is 2.59. The lowest BCUT2D eigenvalue weighted by molar-refractivity contribution is -0.147. The molecule has 0 saturated heterocycles. The number of nitrogens with zero attached hydrogens (tertiary/aromatic N) is 2. The topological polar surface area (TPSA) is 84.2 Å². The fourth-order valence-corrected chi connectivity index (χ4v) is 2.76. The maximum Gasteiger partial charge on any atom is 0.329 e. The molecule has 0 aromatic carbocycles. The van der Waals surface area contributed by atoms with E-state index in [1.165, 1.54) is 0 Å². The quantitative estimate of drug-likeness (QED) is 0.829. The molecule has 1 aromatic heterocycles. The van der Waals surface area contributed by atoms with E-state index in [4.69, 9.17) is 0 Å². The van der Waals surface area contributed by atoms with Gasteiger partial charge in [-0.25, -0.2) is 4.79 Å². The van der Waals surface area contributed by atoms with Crippen LogP contribution in [0, 0.1) is 19.8 Å². The van der Waals surface area contributed by atoms with E-state index in [0.717, 1.165) is 29.8 Å².